The molecular formula is C25H25ClF4N6O. The van der Waals surface area contributed by atoms with Gasteiger partial charge in [-0.15, -0.1) is 10.2 Å². The molecule has 37 heavy (non-hydrogen) atoms. The quantitative estimate of drug-likeness (QED) is 0.424. The highest BCUT2D eigenvalue weighted by atomic mass is 35.5. The molecule has 6 rings (SSSR count). The third-order valence-electron chi connectivity index (χ3n) is 7.77. The lowest BCUT2D eigenvalue weighted by atomic mass is 9.95. The van der Waals surface area contributed by atoms with Crippen LogP contribution in [0.4, 0.5) is 23.4 Å². The number of aromatic nitrogens is 4. The van der Waals surface area contributed by atoms with E-state index < -0.39 is 17.5 Å². The number of halogens is 5. The average Bonchev–Trinajstić information content (AvgIpc) is 3.62. The van der Waals surface area contributed by atoms with Crippen molar-refractivity contribution in [1.82, 2.24) is 24.6 Å². The number of nitrogens with zero attached hydrogens (tertiary/aromatic N) is 6. The van der Waals surface area contributed by atoms with E-state index >= 15 is 0 Å². The number of ether oxygens (including phenoxy) is 1. The number of hydrogen-bond acceptors (Lipinski definition) is 6. The third kappa shape index (κ3) is 4.12. The number of pyridine rings is 1. The van der Waals surface area contributed by atoms with Gasteiger partial charge < -0.3 is 9.64 Å². The van der Waals surface area contributed by atoms with Gasteiger partial charge in [0.05, 0.1) is 25.5 Å². The first kappa shape index (κ1) is 24.4. The van der Waals surface area contributed by atoms with E-state index in [1.54, 1.807) is 12.1 Å². The van der Waals surface area contributed by atoms with E-state index in [2.05, 4.69) is 15.2 Å². The van der Waals surface area contributed by atoms with Gasteiger partial charge >= 0.3 is 6.18 Å². The minimum atomic E-state index is -4.33. The van der Waals surface area contributed by atoms with Crippen LogP contribution in [0, 0.1) is 5.82 Å². The van der Waals surface area contributed by atoms with Gasteiger partial charge in [-0.3, -0.25) is 9.47 Å². The smallest absolute Gasteiger partial charge is 0.406 e. The lowest BCUT2D eigenvalue weighted by molar-refractivity contribution is -0.200. The van der Waals surface area contributed by atoms with Crippen molar-refractivity contribution in [2.45, 2.75) is 56.4 Å². The monoisotopic (exact) mass is 536 g/mol. The molecule has 196 valence electrons. The van der Waals surface area contributed by atoms with Gasteiger partial charge in [-0.05, 0) is 49.4 Å². The lowest BCUT2D eigenvalue weighted by Gasteiger charge is -2.33. The maximum atomic E-state index is 14.0. The Kier molecular flexibility index (Phi) is 5.83. The first-order valence-corrected chi connectivity index (χ1v) is 12.6. The van der Waals surface area contributed by atoms with Gasteiger partial charge in [-0.25, -0.2) is 9.37 Å². The number of benzene rings is 1. The van der Waals surface area contributed by atoms with Gasteiger partial charge in [0.1, 0.15) is 17.2 Å². The second-order valence-electron chi connectivity index (χ2n) is 9.91. The summed E-state index contributed by atoms with van der Waals surface area (Å²) in [7, 11) is 1.48. The highest BCUT2D eigenvalue weighted by Crippen LogP contribution is 2.55. The highest BCUT2D eigenvalue weighted by molar-refractivity contribution is 6.30. The predicted molar refractivity (Wildman–Crippen MR) is 129 cm³/mol. The minimum Gasteiger partial charge on any atom is -0.493 e. The molecule has 0 spiro atoms. The Hall–Kier alpha value is -2.92. The molecule has 1 aliphatic carbocycles. The summed E-state index contributed by atoms with van der Waals surface area (Å²) >= 11 is 6.27. The zero-order chi connectivity index (χ0) is 25.9. The first-order valence-electron chi connectivity index (χ1n) is 12.2. The lowest BCUT2D eigenvalue weighted by Crippen LogP contribution is -2.47. The number of methoxy groups -OCH3 is 1. The summed E-state index contributed by atoms with van der Waals surface area (Å²) in [5.74, 6) is 1.76. The molecular weight excluding hydrogens is 512 g/mol. The largest absolute Gasteiger partial charge is 0.493 e. The van der Waals surface area contributed by atoms with Crippen LogP contribution in [0.1, 0.15) is 48.8 Å². The van der Waals surface area contributed by atoms with Crippen molar-refractivity contribution >= 4 is 17.4 Å². The van der Waals surface area contributed by atoms with Crippen LogP contribution in [-0.2, 0) is 13.1 Å². The molecule has 0 bridgehead atoms. The van der Waals surface area contributed by atoms with Crippen molar-refractivity contribution in [3.63, 3.8) is 0 Å². The summed E-state index contributed by atoms with van der Waals surface area (Å²) in [5, 5.41) is 9.35. The zero-order valence-corrected chi connectivity index (χ0v) is 20.9. The van der Waals surface area contributed by atoms with Gasteiger partial charge in [0.2, 0.25) is 0 Å². The second-order valence-corrected chi connectivity index (χ2v) is 10.3. The number of anilines is 1. The van der Waals surface area contributed by atoms with Crippen LogP contribution in [0.3, 0.4) is 0 Å². The fourth-order valence-electron chi connectivity index (χ4n) is 5.64. The van der Waals surface area contributed by atoms with Gasteiger partial charge in [0.25, 0.3) is 0 Å². The van der Waals surface area contributed by atoms with E-state index in [1.807, 2.05) is 15.5 Å². The summed E-state index contributed by atoms with van der Waals surface area (Å²) in [6.45, 7) is 1.46. The summed E-state index contributed by atoms with van der Waals surface area (Å²) in [6.07, 6.45) is -1.56. The van der Waals surface area contributed by atoms with Crippen LogP contribution in [0.15, 0.2) is 30.5 Å². The molecule has 7 nitrogen and oxygen atoms in total. The summed E-state index contributed by atoms with van der Waals surface area (Å²) in [4.78, 5) is 7.75. The topological polar surface area (TPSA) is 59.3 Å². The van der Waals surface area contributed by atoms with Crippen LogP contribution in [-0.4, -0.2) is 56.6 Å². The number of fused-ring (bicyclic) bond motifs is 3. The van der Waals surface area contributed by atoms with Gasteiger partial charge in [-0.2, -0.15) is 13.2 Å². The molecule has 0 unspecified atom stereocenters. The first-order chi connectivity index (χ1) is 17.7. The normalized spacial score (nSPS) is 19.8. The summed E-state index contributed by atoms with van der Waals surface area (Å²) in [5.41, 5.74) is -0.342. The maximum absolute atomic E-state index is 14.0. The van der Waals surface area contributed by atoms with Crippen molar-refractivity contribution in [1.29, 1.82) is 0 Å². The van der Waals surface area contributed by atoms with Gasteiger partial charge in [0.15, 0.2) is 17.4 Å². The molecule has 2 fully saturated rings. The standard InChI is InChI=1S/C25H25ClF4N6O/c1-37-20-11-18(27)12-31-23(20)34-8-4-15(5-9-34)22-33-32-21-14-35(24(6-7-24)25(28,29)30)13-16-10-17(26)2-3-19(16)36(21)22/h2-3,10-12,15H,4-9,13-14H2,1H3. The van der Waals surface area contributed by atoms with E-state index in [-0.39, 0.29) is 31.8 Å². The Morgan fingerprint density at radius 1 is 1.08 bits per heavy atom. The molecule has 1 aromatic carbocycles. The molecule has 0 radical (unpaired) electrons. The Morgan fingerprint density at radius 3 is 2.51 bits per heavy atom. The molecule has 0 amide bonds. The number of piperidine rings is 1. The number of rotatable bonds is 4. The molecule has 2 aliphatic heterocycles. The molecule has 3 aliphatic rings. The van der Waals surface area contributed by atoms with Gasteiger partial charge in [-0.1, -0.05) is 11.6 Å². The number of hydrogen-bond donors (Lipinski definition) is 0. The van der Waals surface area contributed by atoms with E-state index in [1.165, 1.54) is 24.3 Å². The Labute approximate surface area is 216 Å². The molecule has 1 saturated heterocycles. The fraction of sp³-hybridized carbons (Fsp3) is 0.480. The van der Waals surface area contributed by atoms with E-state index in [0.29, 0.717) is 35.5 Å². The van der Waals surface area contributed by atoms with Crippen LogP contribution >= 0.6 is 11.6 Å². The fourth-order valence-corrected chi connectivity index (χ4v) is 5.84. The highest BCUT2D eigenvalue weighted by Gasteiger charge is 2.66. The Balaban J connectivity index is 1.31. The third-order valence-corrected chi connectivity index (χ3v) is 8.00. The predicted octanol–water partition coefficient (Wildman–Crippen LogP) is 5.26. The minimum absolute atomic E-state index is 0.0384. The van der Waals surface area contributed by atoms with Crippen molar-refractivity contribution < 1.29 is 22.3 Å². The second kappa shape index (κ2) is 8.83. The Bertz CT molecular complexity index is 1330. The Morgan fingerprint density at radius 2 is 1.84 bits per heavy atom. The average molecular weight is 537 g/mol. The molecule has 1 saturated carbocycles. The molecule has 12 heteroatoms. The van der Waals surface area contributed by atoms with Crippen molar-refractivity contribution in [3.05, 3.63) is 58.5 Å². The summed E-state index contributed by atoms with van der Waals surface area (Å²) < 4.78 is 63.0. The van der Waals surface area contributed by atoms with E-state index in [0.717, 1.165) is 29.9 Å². The van der Waals surface area contributed by atoms with Crippen LogP contribution < -0.4 is 9.64 Å². The van der Waals surface area contributed by atoms with Crippen LogP contribution in [0.25, 0.3) is 5.69 Å². The van der Waals surface area contributed by atoms with Crippen molar-refractivity contribution in [3.8, 4) is 11.4 Å². The maximum Gasteiger partial charge on any atom is 0.406 e. The van der Waals surface area contributed by atoms with Crippen LogP contribution in [0.2, 0.25) is 5.02 Å². The molecule has 0 atom stereocenters. The molecule has 4 heterocycles. The van der Waals surface area contributed by atoms with E-state index in [9.17, 15) is 17.6 Å². The zero-order valence-electron chi connectivity index (χ0n) is 20.1. The van der Waals surface area contributed by atoms with Gasteiger partial charge in [0, 0.05) is 36.6 Å². The molecule has 2 aromatic heterocycles. The van der Waals surface area contributed by atoms with E-state index in [4.69, 9.17) is 16.3 Å². The van der Waals surface area contributed by atoms with Crippen LogP contribution in [0.5, 0.6) is 5.75 Å². The van der Waals surface area contributed by atoms with Crippen molar-refractivity contribution in [2.75, 3.05) is 25.1 Å². The SMILES string of the molecule is COc1cc(F)cnc1N1CCC(c2nnc3n2-c2ccc(Cl)cc2CN(C2(C(F)(F)F)CC2)C3)CC1. The molecule has 0 N–H and O–H groups in total. The number of alkyl halides is 3. The van der Waals surface area contributed by atoms with Crippen molar-refractivity contribution in [2.24, 2.45) is 0 Å². The summed E-state index contributed by atoms with van der Waals surface area (Å²) in [6, 6.07) is 6.64. The molecule has 3 aromatic rings.